The van der Waals surface area contributed by atoms with Crippen molar-refractivity contribution in [2.45, 2.75) is 6.54 Å². The topological polar surface area (TPSA) is 39.1 Å². The number of benzene rings is 3. The van der Waals surface area contributed by atoms with Gasteiger partial charge in [-0.2, -0.15) is 5.10 Å². The maximum Gasteiger partial charge on any atom is 0.123 e. The molecule has 0 saturated carbocycles. The Kier molecular flexibility index (Phi) is 5.06. The molecule has 4 rings (SSSR count). The van der Waals surface area contributed by atoms with E-state index in [1.54, 1.807) is 19.2 Å². The van der Waals surface area contributed by atoms with Gasteiger partial charge < -0.3 is 10.1 Å². The molecule has 1 N–H and O–H groups in total. The quantitative estimate of drug-likeness (QED) is 0.498. The molecule has 3 aromatic carbocycles. The van der Waals surface area contributed by atoms with E-state index in [4.69, 9.17) is 9.84 Å². The maximum absolute atomic E-state index is 13.4. The predicted molar refractivity (Wildman–Crippen MR) is 109 cm³/mol. The van der Waals surface area contributed by atoms with Crippen LogP contribution in [0.3, 0.4) is 0 Å². The van der Waals surface area contributed by atoms with Crippen LogP contribution < -0.4 is 10.1 Å². The average molecular weight is 373 g/mol. The number of ether oxygens (including phenoxy) is 1. The van der Waals surface area contributed by atoms with E-state index in [9.17, 15) is 4.39 Å². The molecule has 0 fully saturated rings. The van der Waals surface area contributed by atoms with Crippen molar-refractivity contribution in [3.8, 4) is 22.7 Å². The van der Waals surface area contributed by atoms with Crippen LogP contribution in [0.25, 0.3) is 16.9 Å². The highest BCUT2D eigenvalue weighted by Gasteiger charge is 2.12. The van der Waals surface area contributed by atoms with Crippen molar-refractivity contribution in [2.75, 3.05) is 12.4 Å². The fourth-order valence-electron chi connectivity index (χ4n) is 3.01. The SMILES string of the molecule is COc1ccc(NCc2cn(-c3ccccc3)nc2-c2ccc(F)cc2)cc1. The van der Waals surface area contributed by atoms with E-state index < -0.39 is 0 Å². The van der Waals surface area contributed by atoms with Gasteiger partial charge in [0.05, 0.1) is 18.5 Å². The lowest BCUT2D eigenvalue weighted by Crippen LogP contribution is -2.00. The number of hydrogen-bond donors (Lipinski definition) is 1. The number of para-hydroxylation sites is 1. The zero-order valence-corrected chi connectivity index (χ0v) is 15.5. The Labute approximate surface area is 163 Å². The molecule has 4 aromatic rings. The second-order valence-electron chi connectivity index (χ2n) is 6.37. The second-order valence-corrected chi connectivity index (χ2v) is 6.37. The molecule has 0 unspecified atom stereocenters. The lowest BCUT2D eigenvalue weighted by Gasteiger charge is -2.07. The Morgan fingerprint density at radius 3 is 2.32 bits per heavy atom. The van der Waals surface area contributed by atoms with Crippen molar-refractivity contribution in [1.82, 2.24) is 9.78 Å². The van der Waals surface area contributed by atoms with Crippen molar-refractivity contribution in [3.63, 3.8) is 0 Å². The van der Waals surface area contributed by atoms with Crippen molar-refractivity contribution < 1.29 is 9.13 Å². The van der Waals surface area contributed by atoms with Crippen LogP contribution >= 0.6 is 0 Å². The first-order valence-corrected chi connectivity index (χ1v) is 9.01. The highest BCUT2D eigenvalue weighted by molar-refractivity contribution is 5.64. The zero-order valence-electron chi connectivity index (χ0n) is 15.5. The monoisotopic (exact) mass is 373 g/mol. The smallest absolute Gasteiger partial charge is 0.123 e. The Morgan fingerprint density at radius 2 is 1.64 bits per heavy atom. The van der Waals surface area contributed by atoms with Gasteiger partial charge in [0.25, 0.3) is 0 Å². The third kappa shape index (κ3) is 3.88. The standard InChI is InChI=1S/C23H20FN3O/c1-28-22-13-11-20(12-14-22)25-15-18-16-27(21-5-3-2-4-6-21)26-23(18)17-7-9-19(24)10-8-17/h2-14,16,25H,15H2,1H3. The van der Waals surface area contributed by atoms with Crippen molar-refractivity contribution in [1.29, 1.82) is 0 Å². The summed E-state index contributed by atoms with van der Waals surface area (Å²) in [7, 11) is 1.65. The molecule has 1 heterocycles. The first-order chi connectivity index (χ1) is 13.7. The molecule has 0 atom stereocenters. The van der Waals surface area contributed by atoms with Crippen LogP contribution in [0.5, 0.6) is 5.75 Å². The number of aromatic nitrogens is 2. The largest absolute Gasteiger partial charge is 0.497 e. The number of nitrogens with one attached hydrogen (secondary N) is 1. The van der Waals surface area contributed by atoms with Gasteiger partial charge in [-0.1, -0.05) is 18.2 Å². The van der Waals surface area contributed by atoms with E-state index in [0.717, 1.165) is 33.9 Å². The summed E-state index contributed by atoms with van der Waals surface area (Å²) in [5.41, 5.74) is 4.68. The molecule has 0 aliphatic rings. The Hall–Kier alpha value is -3.60. The van der Waals surface area contributed by atoms with Crippen LogP contribution in [-0.2, 0) is 6.54 Å². The molecule has 0 aliphatic carbocycles. The molecule has 1 aromatic heterocycles. The third-order valence-electron chi connectivity index (χ3n) is 4.50. The minimum Gasteiger partial charge on any atom is -0.497 e. The van der Waals surface area contributed by atoms with Gasteiger partial charge in [0.1, 0.15) is 11.6 Å². The second kappa shape index (κ2) is 7.96. The van der Waals surface area contributed by atoms with Crippen molar-refractivity contribution in [2.24, 2.45) is 0 Å². The third-order valence-corrected chi connectivity index (χ3v) is 4.50. The van der Waals surface area contributed by atoms with Crippen LogP contribution in [0.4, 0.5) is 10.1 Å². The van der Waals surface area contributed by atoms with Gasteiger partial charge in [0.2, 0.25) is 0 Å². The van der Waals surface area contributed by atoms with Crippen molar-refractivity contribution in [3.05, 3.63) is 96.4 Å². The normalized spacial score (nSPS) is 10.6. The summed E-state index contributed by atoms with van der Waals surface area (Å²) in [6, 6.07) is 24.1. The maximum atomic E-state index is 13.4. The molecule has 140 valence electrons. The molecule has 0 bridgehead atoms. The predicted octanol–water partition coefficient (Wildman–Crippen LogP) is 5.30. The summed E-state index contributed by atoms with van der Waals surface area (Å²) in [5.74, 6) is 0.554. The molecule has 0 amide bonds. The first-order valence-electron chi connectivity index (χ1n) is 9.01. The van der Waals surface area contributed by atoms with Gasteiger partial charge in [-0.05, 0) is 60.7 Å². The number of nitrogens with zero attached hydrogens (tertiary/aromatic N) is 2. The zero-order chi connectivity index (χ0) is 19.3. The Morgan fingerprint density at radius 1 is 0.929 bits per heavy atom. The van der Waals surface area contributed by atoms with Gasteiger partial charge >= 0.3 is 0 Å². The molecule has 0 radical (unpaired) electrons. The first kappa shape index (κ1) is 17.8. The van der Waals surface area contributed by atoms with Crippen LogP contribution in [-0.4, -0.2) is 16.9 Å². The highest BCUT2D eigenvalue weighted by atomic mass is 19.1. The molecule has 0 saturated heterocycles. The van der Waals surface area contributed by atoms with Crippen LogP contribution in [0.2, 0.25) is 0 Å². The fraction of sp³-hybridized carbons (Fsp3) is 0.0870. The summed E-state index contributed by atoms with van der Waals surface area (Å²) in [4.78, 5) is 0. The number of anilines is 1. The fourth-order valence-corrected chi connectivity index (χ4v) is 3.01. The minimum atomic E-state index is -0.260. The average Bonchev–Trinajstić information content (AvgIpc) is 3.18. The molecule has 28 heavy (non-hydrogen) atoms. The number of methoxy groups -OCH3 is 1. The molecule has 5 heteroatoms. The van der Waals surface area contributed by atoms with E-state index in [0.29, 0.717) is 6.54 Å². The number of hydrogen-bond acceptors (Lipinski definition) is 3. The molecule has 0 aliphatic heterocycles. The van der Waals surface area contributed by atoms with E-state index in [1.165, 1.54) is 12.1 Å². The number of halogens is 1. The lowest BCUT2D eigenvalue weighted by atomic mass is 10.1. The van der Waals surface area contributed by atoms with E-state index in [2.05, 4.69) is 5.32 Å². The van der Waals surface area contributed by atoms with Gasteiger partial charge in [0.15, 0.2) is 0 Å². The van der Waals surface area contributed by atoms with E-state index >= 15 is 0 Å². The Balaban J connectivity index is 1.65. The van der Waals surface area contributed by atoms with Gasteiger partial charge in [-0.3, -0.25) is 0 Å². The van der Waals surface area contributed by atoms with Gasteiger partial charge in [-0.15, -0.1) is 0 Å². The molecule has 4 nitrogen and oxygen atoms in total. The molecular weight excluding hydrogens is 353 g/mol. The molecular formula is C23H20FN3O. The molecule has 0 spiro atoms. The van der Waals surface area contributed by atoms with Gasteiger partial charge in [-0.25, -0.2) is 9.07 Å². The highest BCUT2D eigenvalue weighted by Crippen LogP contribution is 2.25. The van der Waals surface area contributed by atoms with E-state index in [1.807, 2.05) is 65.5 Å². The summed E-state index contributed by atoms with van der Waals surface area (Å²) in [6.45, 7) is 0.589. The Bertz CT molecular complexity index is 1040. The summed E-state index contributed by atoms with van der Waals surface area (Å²) >= 11 is 0. The van der Waals surface area contributed by atoms with Crippen LogP contribution in [0.15, 0.2) is 85.1 Å². The van der Waals surface area contributed by atoms with Crippen molar-refractivity contribution >= 4 is 5.69 Å². The van der Waals surface area contributed by atoms with Gasteiger partial charge in [0, 0.05) is 29.6 Å². The minimum absolute atomic E-state index is 0.260. The summed E-state index contributed by atoms with van der Waals surface area (Å²) in [6.07, 6.45) is 2.00. The van der Waals surface area contributed by atoms with Crippen LogP contribution in [0, 0.1) is 5.82 Å². The van der Waals surface area contributed by atoms with E-state index in [-0.39, 0.29) is 5.82 Å². The summed E-state index contributed by atoms with van der Waals surface area (Å²) in [5, 5.41) is 8.17. The summed E-state index contributed by atoms with van der Waals surface area (Å²) < 4.78 is 20.4. The number of rotatable bonds is 6. The lowest BCUT2D eigenvalue weighted by molar-refractivity contribution is 0.415. The van der Waals surface area contributed by atoms with Crippen LogP contribution in [0.1, 0.15) is 5.56 Å².